The Labute approximate surface area is 149 Å². The molecule has 25 heavy (non-hydrogen) atoms. The molecule has 1 amide bonds. The molecule has 0 unspecified atom stereocenters. The van der Waals surface area contributed by atoms with E-state index in [1.54, 1.807) is 18.0 Å². The molecule has 0 radical (unpaired) electrons. The van der Waals surface area contributed by atoms with E-state index >= 15 is 0 Å². The van der Waals surface area contributed by atoms with E-state index in [1.807, 2.05) is 0 Å². The van der Waals surface area contributed by atoms with Gasteiger partial charge in [-0.2, -0.15) is 0 Å². The van der Waals surface area contributed by atoms with Crippen LogP contribution in [0.4, 0.5) is 0 Å². The predicted molar refractivity (Wildman–Crippen MR) is 97.3 cm³/mol. The van der Waals surface area contributed by atoms with Crippen molar-refractivity contribution in [2.24, 2.45) is 0 Å². The van der Waals surface area contributed by atoms with Crippen molar-refractivity contribution < 1.29 is 4.79 Å². The quantitative estimate of drug-likeness (QED) is 0.865. The first kappa shape index (κ1) is 16.2. The minimum Gasteiger partial charge on any atom is -0.343 e. The number of rotatable bonds is 3. The standard InChI is InChI=1S/C21H25N3O/c1-16-2-4-19-18(12-16)6-7-21(19)8-10-24(11-9-21)20(25)5-3-17-13-22-15-23-14-17/h2,4,12-15H,3,5-11H2,1H3. The molecule has 2 aliphatic rings. The number of benzene rings is 1. The van der Waals surface area contributed by atoms with Gasteiger partial charge in [0, 0.05) is 31.9 Å². The third kappa shape index (κ3) is 3.17. The van der Waals surface area contributed by atoms with Crippen molar-refractivity contribution >= 4 is 5.91 Å². The molecule has 0 saturated carbocycles. The number of aryl methyl sites for hydroxylation is 3. The lowest BCUT2D eigenvalue weighted by atomic mass is 9.73. The number of carbonyl (C=O) groups excluding carboxylic acids is 1. The van der Waals surface area contributed by atoms with E-state index in [-0.39, 0.29) is 5.91 Å². The first-order chi connectivity index (χ1) is 12.2. The average Bonchev–Trinajstić information content (AvgIpc) is 2.98. The predicted octanol–water partition coefficient (Wildman–Crippen LogP) is 3.22. The van der Waals surface area contributed by atoms with Crippen LogP contribution in [0, 0.1) is 6.92 Å². The Balaban J connectivity index is 1.37. The molecule has 1 spiro atoms. The maximum atomic E-state index is 12.6. The lowest BCUT2D eigenvalue weighted by Gasteiger charge is -2.40. The zero-order valence-corrected chi connectivity index (χ0v) is 14.9. The summed E-state index contributed by atoms with van der Waals surface area (Å²) in [5.74, 6) is 0.265. The fourth-order valence-corrected chi connectivity index (χ4v) is 4.53. The molecular formula is C21H25N3O. The van der Waals surface area contributed by atoms with E-state index in [2.05, 4.69) is 40.0 Å². The smallest absolute Gasteiger partial charge is 0.222 e. The fraction of sp³-hybridized carbons (Fsp3) is 0.476. The summed E-state index contributed by atoms with van der Waals surface area (Å²) < 4.78 is 0. The van der Waals surface area contributed by atoms with Gasteiger partial charge in [-0.15, -0.1) is 0 Å². The van der Waals surface area contributed by atoms with E-state index in [9.17, 15) is 4.79 Å². The SMILES string of the molecule is Cc1ccc2c(c1)CCC21CCN(C(=O)CCc2cncnc2)CC1. The van der Waals surface area contributed by atoms with Gasteiger partial charge >= 0.3 is 0 Å². The molecule has 1 aromatic carbocycles. The molecule has 2 heterocycles. The highest BCUT2D eigenvalue weighted by Gasteiger charge is 2.41. The van der Waals surface area contributed by atoms with Gasteiger partial charge in [0.15, 0.2) is 0 Å². The number of nitrogens with zero attached hydrogens (tertiary/aromatic N) is 3. The summed E-state index contributed by atoms with van der Waals surface area (Å²) in [4.78, 5) is 22.6. The molecule has 4 heteroatoms. The van der Waals surface area contributed by atoms with Gasteiger partial charge in [0.2, 0.25) is 5.91 Å². The summed E-state index contributed by atoms with van der Waals surface area (Å²) in [6, 6.07) is 6.93. The van der Waals surface area contributed by atoms with Gasteiger partial charge < -0.3 is 4.90 Å². The molecule has 1 fully saturated rings. The largest absolute Gasteiger partial charge is 0.343 e. The summed E-state index contributed by atoms with van der Waals surface area (Å²) in [5, 5.41) is 0. The number of carbonyl (C=O) groups is 1. The molecule has 1 saturated heterocycles. The molecular weight excluding hydrogens is 310 g/mol. The highest BCUT2D eigenvalue weighted by atomic mass is 16.2. The van der Waals surface area contributed by atoms with E-state index in [1.165, 1.54) is 30.3 Å². The van der Waals surface area contributed by atoms with E-state index < -0.39 is 0 Å². The molecule has 4 rings (SSSR count). The Hall–Kier alpha value is -2.23. The molecule has 0 bridgehead atoms. The molecule has 1 aliphatic carbocycles. The third-order valence-corrected chi connectivity index (χ3v) is 6.02. The number of piperidine rings is 1. The van der Waals surface area contributed by atoms with Crippen LogP contribution >= 0.6 is 0 Å². The van der Waals surface area contributed by atoms with Crippen LogP contribution < -0.4 is 0 Å². The molecule has 0 N–H and O–H groups in total. The van der Waals surface area contributed by atoms with Crippen molar-refractivity contribution in [2.45, 2.75) is 50.9 Å². The Morgan fingerprint density at radius 1 is 1.16 bits per heavy atom. The molecule has 4 nitrogen and oxygen atoms in total. The Morgan fingerprint density at radius 3 is 2.68 bits per heavy atom. The van der Waals surface area contributed by atoms with E-state index in [0.29, 0.717) is 11.8 Å². The van der Waals surface area contributed by atoms with E-state index in [0.717, 1.165) is 37.9 Å². The van der Waals surface area contributed by atoms with Crippen LogP contribution in [-0.4, -0.2) is 33.9 Å². The Bertz CT molecular complexity index is 764. The highest BCUT2D eigenvalue weighted by Crippen LogP contribution is 2.46. The zero-order valence-electron chi connectivity index (χ0n) is 14.9. The molecule has 1 aromatic heterocycles. The first-order valence-corrected chi connectivity index (χ1v) is 9.28. The van der Waals surface area contributed by atoms with Crippen LogP contribution in [0.2, 0.25) is 0 Å². The first-order valence-electron chi connectivity index (χ1n) is 9.28. The molecule has 0 atom stereocenters. The normalized spacial score (nSPS) is 18.4. The van der Waals surface area contributed by atoms with Gasteiger partial charge in [-0.25, -0.2) is 9.97 Å². The summed E-state index contributed by atoms with van der Waals surface area (Å²) in [6.45, 7) is 3.94. The Morgan fingerprint density at radius 2 is 1.92 bits per heavy atom. The van der Waals surface area contributed by atoms with Gasteiger partial charge in [-0.1, -0.05) is 23.8 Å². The van der Waals surface area contributed by atoms with Gasteiger partial charge in [-0.05, 0) is 61.1 Å². The van der Waals surface area contributed by atoms with Gasteiger partial charge in [0.1, 0.15) is 6.33 Å². The Kier molecular flexibility index (Phi) is 4.28. The number of hydrogen-bond donors (Lipinski definition) is 0. The topological polar surface area (TPSA) is 46.1 Å². The number of aromatic nitrogens is 2. The summed E-state index contributed by atoms with van der Waals surface area (Å²) in [7, 11) is 0. The summed E-state index contributed by atoms with van der Waals surface area (Å²) >= 11 is 0. The van der Waals surface area contributed by atoms with Crippen molar-refractivity contribution in [3.8, 4) is 0 Å². The minimum absolute atomic E-state index is 0.265. The number of amides is 1. The van der Waals surface area contributed by atoms with Gasteiger partial charge in [-0.3, -0.25) is 4.79 Å². The maximum Gasteiger partial charge on any atom is 0.222 e. The number of hydrogen-bond acceptors (Lipinski definition) is 3. The van der Waals surface area contributed by atoms with Crippen LogP contribution in [0.15, 0.2) is 36.9 Å². The van der Waals surface area contributed by atoms with Crippen molar-refractivity contribution in [1.82, 2.24) is 14.9 Å². The molecule has 1 aliphatic heterocycles. The number of fused-ring (bicyclic) bond motifs is 2. The lowest BCUT2D eigenvalue weighted by molar-refractivity contribution is -0.132. The summed E-state index contributed by atoms with van der Waals surface area (Å²) in [5.41, 5.74) is 5.78. The maximum absolute atomic E-state index is 12.6. The second kappa shape index (κ2) is 6.58. The minimum atomic E-state index is 0.265. The fourth-order valence-electron chi connectivity index (χ4n) is 4.53. The van der Waals surface area contributed by atoms with Crippen molar-refractivity contribution in [3.05, 3.63) is 59.2 Å². The zero-order chi connectivity index (χ0) is 17.3. The highest BCUT2D eigenvalue weighted by molar-refractivity contribution is 5.76. The van der Waals surface area contributed by atoms with Crippen LogP contribution in [0.5, 0.6) is 0 Å². The van der Waals surface area contributed by atoms with Gasteiger partial charge in [0.05, 0.1) is 0 Å². The summed E-state index contributed by atoms with van der Waals surface area (Å²) in [6.07, 6.45) is 11.0. The molecule has 130 valence electrons. The molecule has 2 aromatic rings. The van der Waals surface area contributed by atoms with E-state index in [4.69, 9.17) is 0 Å². The van der Waals surface area contributed by atoms with Crippen LogP contribution in [0.25, 0.3) is 0 Å². The van der Waals surface area contributed by atoms with Crippen LogP contribution in [0.3, 0.4) is 0 Å². The van der Waals surface area contributed by atoms with Crippen molar-refractivity contribution in [3.63, 3.8) is 0 Å². The second-order valence-corrected chi connectivity index (χ2v) is 7.57. The second-order valence-electron chi connectivity index (χ2n) is 7.57. The van der Waals surface area contributed by atoms with Crippen molar-refractivity contribution in [1.29, 1.82) is 0 Å². The lowest BCUT2D eigenvalue weighted by Crippen LogP contribution is -2.44. The third-order valence-electron chi connectivity index (χ3n) is 6.02. The van der Waals surface area contributed by atoms with Crippen molar-refractivity contribution in [2.75, 3.05) is 13.1 Å². The van der Waals surface area contributed by atoms with Crippen LogP contribution in [0.1, 0.15) is 47.9 Å². The van der Waals surface area contributed by atoms with Crippen LogP contribution in [-0.2, 0) is 23.1 Å². The average molecular weight is 335 g/mol. The van der Waals surface area contributed by atoms with Gasteiger partial charge in [0.25, 0.3) is 0 Å². The number of likely N-dealkylation sites (tertiary alicyclic amines) is 1. The monoisotopic (exact) mass is 335 g/mol.